The lowest BCUT2D eigenvalue weighted by atomic mass is 9.94. The van der Waals surface area contributed by atoms with E-state index in [1.165, 1.54) is 71.2 Å². The first kappa shape index (κ1) is 16.3. The number of hydrogen-bond acceptors (Lipinski definition) is 3. The van der Waals surface area contributed by atoms with E-state index in [1.807, 2.05) is 0 Å². The van der Waals surface area contributed by atoms with Crippen LogP contribution in [0.3, 0.4) is 0 Å². The molecule has 0 aromatic carbocycles. The molecule has 0 radical (unpaired) electrons. The summed E-state index contributed by atoms with van der Waals surface area (Å²) in [6.45, 7) is 10.9. The van der Waals surface area contributed by atoms with Crippen LogP contribution in [-0.2, 0) is 0 Å². The summed E-state index contributed by atoms with van der Waals surface area (Å²) in [5.41, 5.74) is 0. The van der Waals surface area contributed by atoms with Crippen LogP contribution in [0.2, 0.25) is 0 Å². The smallest absolute Gasteiger partial charge is 0.0235 e. The van der Waals surface area contributed by atoms with E-state index in [0.717, 1.165) is 18.0 Å². The summed E-state index contributed by atoms with van der Waals surface area (Å²) in [6, 6.07) is 1.56. The first-order valence-electron chi connectivity index (χ1n) is 8.92. The van der Waals surface area contributed by atoms with E-state index in [4.69, 9.17) is 0 Å². The summed E-state index contributed by atoms with van der Waals surface area (Å²) in [7, 11) is 2.16. The van der Waals surface area contributed by atoms with Crippen molar-refractivity contribution >= 4 is 0 Å². The monoisotopic (exact) mass is 281 g/mol. The van der Waals surface area contributed by atoms with Crippen LogP contribution in [0.15, 0.2) is 0 Å². The van der Waals surface area contributed by atoms with Crippen molar-refractivity contribution in [1.82, 2.24) is 15.1 Å². The number of hydrogen-bond donors (Lipinski definition) is 1. The third-order valence-corrected chi connectivity index (χ3v) is 5.60. The molecular weight excluding hydrogens is 246 g/mol. The molecule has 2 fully saturated rings. The second-order valence-corrected chi connectivity index (χ2v) is 6.72. The number of likely N-dealkylation sites (tertiary alicyclic amines) is 1. The molecule has 2 aliphatic rings. The van der Waals surface area contributed by atoms with E-state index >= 15 is 0 Å². The molecule has 0 bridgehead atoms. The zero-order valence-electron chi connectivity index (χ0n) is 13.9. The molecule has 1 aliphatic heterocycles. The Labute approximate surface area is 126 Å². The van der Waals surface area contributed by atoms with Crippen molar-refractivity contribution in [3.8, 4) is 0 Å². The van der Waals surface area contributed by atoms with Gasteiger partial charge in [-0.2, -0.15) is 0 Å². The van der Waals surface area contributed by atoms with Crippen LogP contribution in [0, 0.1) is 5.92 Å². The van der Waals surface area contributed by atoms with Crippen molar-refractivity contribution in [3.05, 3.63) is 0 Å². The van der Waals surface area contributed by atoms with Crippen molar-refractivity contribution in [2.75, 3.05) is 39.8 Å². The van der Waals surface area contributed by atoms with E-state index in [-0.39, 0.29) is 0 Å². The second kappa shape index (κ2) is 8.35. The predicted molar refractivity (Wildman–Crippen MR) is 87.2 cm³/mol. The van der Waals surface area contributed by atoms with Gasteiger partial charge in [0, 0.05) is 25.2 Å². The fraction of sp³-hybridized carbons (Fsp3) is 1.00. The summed E-state index contributed by atoms with van der Waals surface area (Å²) in [5.74, 6) is 0.873. The molecule has 3 nitrogen and oxygen atoms in total. The van der Waals surface area contributed by atoms with Gasteiger partial charge in [0.25, 0.3) is 0 Å². The predicted octanol–water partition coefficient (Wildman–Crippen LogP) is 2.57. The molecule has 0 amide bonds. The van der Waals surface area contributed by atoms with Gasteiger partial charge in [-0.1, -0.05) is 33.1 Å². The Bertz CT molecular complexity index is 265. The van der Waals surface area contributed by atoms with Crippen LogP contribution in [0.5, 0.6) is 0 Å². The second-order valence-electron chi connectivity index (χ2n) is 6.72. The normalized spacial score (nSPS) is 32.7. The molecule has 0 aromatic rings. The maximum Gasteiger partial charge on any atom is 0.0235 e. The zero-order valence-corrected chi connectivity index (χ0v) is 13.9. The van der Waals surface area contributed by atoms with Gasteiger partial charge in [-0.3, -0.25) is 4.90 Å². The quantitative estimate of drug-likeness (QED) is 0.755. The molecule has 1 heterocycles. The molecule has 118 valence electrons. The van der Waals surface area contributed by atoms with E-state index in [1.54, 1.807) is 0 Å². The van der Waals surface area contributed by atoms with Gasteiger partial charge in [-0.05, 0) is 51.9 Å². The average molecular weight is 281 g/mol. The van der Waals surface area contributed by atoms with Crippen molar-refractivity contribution in [1.29, 1.82) is 0 Å². The van der Waals surface area contributed by atoms with Gasteiger partial charge < -0.3 is 10.2 Å². The molecule has 3 heteroatoms. The average Bonchev–Trinajstić information content (AvgIpc) is 2.80. The Morgan fingerprint density at radius 2 is 1.80 bits per heavy atom. The van der Waals surface area contributed by atoms with Crippen molar-refractivity contribution < 1.29 is 0 Å². The van der Waals surface area contributed by atoms with Gasteiger partial charge in [0.2, 0.25) is 0 Å². The molecular formula is C17H35N3. The minimum Gasteiger partial charge on any atom is -0.317 e. The van der Waals surface area contributed by atoms with Gasteiger partial charge >= 0.3 is 0 Å². The van der Waals surface area contributed by atoms with Crippen LogP contribution in [0.4, 0.5) is 0 Å². The van der Waals surface area contributed by atoms with E-state index in [9.17, 15) is 0 Å². The standard InChI is InChI=1S/C17H35N3/c1-4-20(5-2)16-11-12-19(14-16)13-15-9-7-6-8-10-17(15)18-3/h15-18H,4-14H2,1-3H3. The molecule has 2 rings (SSSR count). The Morgan fingerprint density at radius 3 is 2.50 bits per heavy atom. The molecule has 1 saturated heterocycles. The Kier molecular flexibility index (Phi) is 6.79. The maximum atomic E-state index is 3.59. The summed E-state index contributed by atoms with van der Waals surface area (Å²) in [4.78, 5) is 5.38. The summed E-state index contributed by atoms with van der Waals surface area (Å²) in [5, 5.41) is 3.59. The highest BCUT2D eigenvalue weighted by molar-refractivity contribution is 4.87. The summed E-state index contributed by atoms with van der Waals surface area (Å²) >= 11 is 0. The summed E-state index contributed by atoms with van der Waals surface area (Å²) in [6.07, 6.45) is 8.49. The van der Waals surface area contributed by atoms with Crippen molar-refractivity contribution in [2.45, 2.75) is 64.5 Å². The maximum absolute atomic E-state index is 3.59. The molecule has 3 unspecified atom stereocenters. The topological polar surface area (TPSA) is 18.5 Å². The largest absolute Gasteiger partial charge is 0.317 e. The van der Waals surface area contributed by atoms with E-state index in [2.05, 4.69) is 36.0 Å². The van der Waals surface area contributed by atoms with Crippen LogP contribution in [0.25, 0.3) is 0 Å². The molecule has 1 saturated carbocycles. The molecule has 0 spiro atoms. The number of rotatable bonds is 6. The van der Waals surface area contributed by atoms with Gasteiger partial charge in [-0.25, -0.2) is 0 Å². The van der Waals surface area contributed by atoms with Gasteiger partial charge in [0.1, 0.15) is 0 Å². The molecule has 20 heavy (non-hydrogen) atoms. The highest BCUT2D eigenvalue weighted by Gasteiger charge is 2.30. The lowest BCUT2D eigenvalue weighted by Gasteiger charge is -2.30. The Balaban J connectivity index is 1.83. The third kappa shape index (κ3) is 4.19. The first-order chi connectivity index (χ1) is 9.78. The zero-order chi connectivity index (χ0) is 14.4. The van der Waals surface area contributed by atoms with Crippen LogP contribution in [0.1, 0.15) is 52.4 Å². The van der Waals surface area contributed by atoms with Crippen LogP contribution in [-0.4, -0.2) is 61.7 Å². The Hall–Kier alpha value is -0.120. The first-order valence-corrected chi connectivity index (χ1v) is 8.92. The Morgan fingerprint density at radius 1 is 1.05 bits per heavy atom. The third-order valence-electron chi connectivity index (χ3n) is 5.60. The van der Waals surface area contributed by atoms with Crippen LogP contribution >= 0.6 is 0 Å². The van der Waals surface area contributed by atoms with E-state index in [0.29, 0.717) is 0 Å². The van der Waals surface area contributed by atoms with Crippen LogP contribution < -0.4 is 5.32 Å². The van der Waals surface area contributed by atoms with Gasteiger partial charge in [0.05, 0.1) is 0 Å². The SMILES string of the molecule is CCN(CC)C1CCN(CC2CCCCCC2NC)C1. The number of likely N-dealkylation sites (N-methyl/N-ethyl adjacent to an activating group) is 1. The van der Waals surface area contributed by atoms with Crippen molar-refractivity contribution in [3.63, 3.8) is 0 Å². The fourth-order valence-electron chi connectivity index (χ4n) is 4.33. The lowest BCUT2D eigenvalue weighted by Crippen LogP contribution is -2.42. The van der Waals surface area contributed by atoms with E-state index < -0.39 is 0 Å². The minimum atomic E-state index is 0.755. The molecule has 1 N–H and O–H groups in total. The number of nitrogens with zero attached hydrogens (tertiary/aromatic N) is 2. The van der Waals surface area contributed by atoms with Gasteiger partial charge in [0.15, 0.2) is 0 Å². The highest BCUT2D eigenvalue weighted by Crippen LogP contribution is 2.26. The molecule has 0 aromatic heterocycles. The fourth-order valence-corrected chi connectivity index (χ4v) is 4.33. The lowest BCUT2D eigenvalue weighted by molar-refractivity contribution is 0.189. The van der Waals surface area contributed by atoms with Gasteiger partial charge in [-0.15, -0.1) is 0 Å². The number of nitrogens with one attached hydrogen (secondary N) is 1. The van der Waals surface area contributed by atoms with Crippen molar-refractivity contribution in [2.24, 2.45) is 5.92 Å². The summed E-state index contributed by atoms with van der Waals surface area (Å²) < 4.78 is 0. The molecule has 3 atom stereocenters. The minimum absolute atomic E-state index is 0.755. The molecule has 1 aliphatic carbocycles. The highest BCUT2D eigenvalue weighted by atomic mass is 15.2.